The van der Waals surface area contributed by atoms with Crippen LogP contribution in [0.4, 0.5) is 5.69 Å². The third kappa shape index (κ3) is 3.22. The van der Waals surface area contributed by atoms with Gasteiger partial charge in [-0.3, -0.25) is 0 Å². The Kier molecular flexibility index (Phi) is 4.48. The molecule has 0 aliphatic rings. The van der Waals surface area contributed by atoms with Crippen LogP contribution in [0.3, 0.4) is 0 Å². The van der Waals surface area contributed by atoms with Gasteiger partial charge in [0.1, 0.15) is 0 Å². The molecule has 0 saturated carbocycles. The molecule has 0 spiro atoms. The fraction of sp³-hybridized carbons (Fsp3) is 0.250. The number of ether oxygens (including phenoxy) is 1. The van der Waals surface area contributed by atoms with E-state index in [1.54, 1.807) is 12.1 Å². The van der Waals surface area contributed by atoms with Crippen LogP contribution in [0.25, 0.3) is 0 Å². The Bertz CT molecular complexity index is 584. The predicted octanol–water partition coefficient (Wildman–Crippen LogP) is 2.85. The Morgan fingerprint density at radius 3 is 2.60 bits per heavy atom. The molecule has 3 N–H and O–H groups in total. The molecule has 2 rings (SSSR count). The molecule has 0 fully saturated rings. The maximum absolute atomic E-state index is 9.81. The normalized spacial score (nSPS) is 11.9. The zero-order chi connectivity index (χ0) is 14.5. The molecule has 0 saturated heterocycles. The minimum atomic E-state index is -0.284. The quantitative estimate of drug-likeness (QED) is 0.784. The first kappa shape index (κ1) is 14.2. The van der Waals surface area contributed by atoms with Gasteiger partial charge in [-0.05, 0) is 42.3 Å². The van der Waals surface area contributed by atoms with Crippen LogP contribution >= 0.6 is 0 Å². The van der Waals surface area contributed by atoms with Crippen molar-refractivity contribution < 1.29 is 14.9 Å². The van der Waals surface area contributed by atoms with Gasteiger partial charge in [0.05, 0.1) is 19.8 Å². The number of rotatable bonds is 5. The second-order valence-corrected chi connectivity index (χ2v) is 4.68. The van der Waals surface area contributed by atoms with Crippen LogP contribution in [0.1, 0.15) is 17.2 Å². The minimum absolute atomic E-state index is 0.0643. The molecule has 0 aliphatic heterocycles. The number of hydrogen-bond acceptors (Lipinski definition) is 4. The van der Waals surface area contributed by atoms with Crippen molar-refractivity contribution in [2.24, 2.45) is 0 Å². The first-order valence-electron chi connectivity index (χ1n) is 6.45. The van der Waals surface area contributed by atoms with Gasteiger partial charge in [0.25, 0.3) is 0 Å². The molecule has 0 radical (unpaired) electrons. The van der Waals surface area contributed by atoms with Crippen molar-refractivity contribution in [2.45, 2.75) is 13.0 Å². The fourth-order valence-electron chi connectivity index (χ4n) is 2.09. The van der Waals surface area contributed by atoms with Crippen LogP contribution in [-0.4, -0.2) is 23.9 Å². The molecular formula is C16H19NO3. The van der Waals surface area contributed by atoms with Crippen molar-refractivity contribution >= 4 is 5.69 Å². The molecule has 106 valence electrons. The van der Waals surface area contributed by atoms with Crippen molar-refractivity contribution in [3.63, 3.8) is 0 Å². The van der Waals surface area contributed by atoms with Gasteiger partial charge in [0, 0.05) is 5.69 Å². The maximum Gasteiger partial charge on any atom is 0.160 e. The van der Waals surface area contributed by atoms with Crippen LogP contribution in [0, 0.1) is 6.92 Å². The van der Waals surface area contributed by atoms with Crippen molar-refractivity contribution in [1.82, 2.24) is 0 Å². The van der Waals surface area contributed by atoms with Crippen LogP contribution in [-0.2, 0) is 0 Å². The smallest absolute Gasteiger partial charge is 0.160 e. The van der Waals surface area contributed by atoms with E-state index in [4.69, 9.17) is 4.74 Å². The van der Waals surface area contributed by atoms with Crippen LogP contribution < -0.4 is 10.1 Å². The van der Waals surface area contributed by atoms with E-state index >= 15 is 0 Å². The largest absolute Gasteiger partial charge is 0.504 e. The molecule has 0 heterocycles. The second kappa shape index (κ2) is 6.30. The zero-order valence-electron chi connectivity index (χ0n) is 11.6. The lowest BCUT2D eigenvalue weighted by Gasteiger charge is -2.19. The van der Waals surface area contributed by atoms with Gasteiger partial charge in [-0.1, -0.05) is 18.2 Å². The number of aromatic hydroxyl groups is 1. The highest BCUT2D eigenvalue weighted by Crippen LogP contribution is 2.30. The summed E-state index contributed by atoms with van der Waals surface area (Å²) in [6.45, 7) is 1.94. The second-order valence-electron chi connectivity index (χ2n) is 4.68. The topological polar surface area (TPSA) is 61.7 Å². The standard InChI is InChI=1S/C16H19NO3/c1-11-4-3-5-13(8-11)17-14(10-18)12-6-7-16(20-2)15(19)9-12/h3-9,14,17-19H,10H2,1-2H3. The fourth-order valence-corrected chi connectivity index (χ4v) is 2.09. The van der Waals surface area contributed by atoms with E-state index in [-0.39, 0.29) is 18.4 Å². The Morgan fingerprint density at radius 1 is 1.20 bits per heavy atom. The highest BCUT2D eigenvalue weighted by molar-refractivity contribution is 5.49. The number of aliphatic hydroxyl groups is 1. The van der Waals surface area contributed by atoms with Gasteiger partial charge >= 0.3 is 0 Å². The summed E-state index contributed by atoms with van der Waals surface area (Å²) in [6, 6.07) is 12.7. The Hall–Kier alpha value is -2.20. The summed E-state index contributed by atoms with van der Waals surface area (Å²) in [4.78, 5) is 0. The first-order valence-corrected chi connectivity index (χ1v) is 6.45. The highest BCUT2D eigenvalue weighted by Gasteiger charge is 2.13. The number of aliphatic hydroxyl groups excluding tert-OH is 1. The lowest BCUT2D eigenvalue weighted by atomic mass is 10.1. The number of aryl methyl sites for hydroxylation is 1. The van der Waals surface area contributed by atoms with E-state index < -0.39 is 0 Å². The molecule has 2 aromatic rings. The molecule has 1 unspecified atom stereocenters. The number of benzene rings is 2. The summed E-state index contributed by atoms with van der Waals surface area (Å²) in [6.07, 6.45) is 0. The Balaban J connectivity index is 2.22. The number of hydrogen-bond donors (Lipinski definition) is 3. The zero-order valence-corrected chi connectivity index (χ0v) is 11.6. The minimum Gasteiger partial charge on any atom is -0.504 e. The third-order valence-corrected chi connectivity index (χ3v) is 3.15. The average Bonchev–Trinajstić information content (AvgIpc) is 2.44. The molecule has 4 heteroatoms. The summed E-state index contributed by atoms with van der Waals surface area (Å²) >= 11 is 0. The van der Waals surface area contributed by atoms with Crippen LogP contribution in [0.5, 0.6) is 11.5 Å². The first-order chi connectivity index (χ1) is 9.63. The molecule has 4 nitrogen and oxygen atoms in total. The number of nitrogens with one attached hydrogen (secondary N) is 1. The van der Waals surface area contributed by atoms with E-state index in [0.717, 1.165) is 16.8 Å². The molecule has 0 bridgehead atoms. The monoisotopic (exact) mass is 273 g/mol. The molecule has 2 aromatic carbocycles. The lowest BCUT2D eigenvalue weighted by Crippen LogP contribution is -2.14. The molecule has 0 amide bonds. The molecule has 20 heavy (non-hydrogen) atoms. The van der Waals surface area contributed by atoms with Crippen molar-refractivity contribution in [3.05, 3.63) is 53.6 Å². The van der Waals surface area contributed by atoms with E-state index in [2.05, 4.69) is 5.32 Å². The summed E-state index contributed by atoms with van der Waals surface area (Å²) in [7, 11) is 1.50. The summed E-state index contributed by atoms with van der Waals surface area (Å²) in [5.74, 6) is 0.482. The maximum atomic E-state index is 9.81. The van der Waals surface area contributed by atoms with Gasteiger partial charge in [-0.2, -0.15) is 0 Å². The number of methoxy groups -OCH3 is 1. The lowest BCUT2D eigenvalue weighted by molar-refractivity contribution is 0.276. The number of anilines is 1. The summed E-state index contributed by atoms with van der Waals surface area (Å²) in [5.41, 5.74) is 2.87. The van der Waals surface area contributed by atoms with Gasteiger partial charge in [-0.15, -0.1) is 0 Å². The van der Waals surface area contributed by atoms with E-state index in [1.165, 1.54) is 7.11 Å². The summed E-state index contributed by atoms with van der Waals surface area (Å²) < 4.78 is 5.01. The molecule has 1 atom stereocenters. The van der Waals surface area contributed by atoms with Gasteiger partial charge in [0.15, 0.2) is 11.5 Å². The highest BCUT2D eigenvalue weighted by atomic mass is 16.5. The van der Waals surface area contributed by atoms with E-state index in [0.29, 0.717) is 5.75 Å². The van der Waals surface area contributed by atoms with Gasteiger partial charge in [-0.25, -0.2) is 0 Å². The number of phenolic OH excluding ortho intramolecular Hbond substituents is 1. The summed E-state index contributed by atoms with van der Waals surface area (Å²) in [5, 5.41) is 22.6. The van der Waals surface area contributed by atoms with E-state index in [9.17, 15) is 10.2 Å². The van der Waals surface area contributed by atoms with Crippen LogP contribution in [0.2, 0.25) is 0 Å². The van der Waals surface area contributed by atoms with Gasteiger partial charge < -0.3 is 20.3 Å². The average molecular weight is 273 g/mol. The molecule has 0 aliphatic carbocycles. The number of phenols is 1. The van der Waals surface area contributed by atoms with E-state index in [1.807, 2.05) is 37.3 Å². The molecular weight excluding hydrogens is 254 g/mol. The van der Waals surface area contributed by atoms with Crippen LogP contribution in [0.15, 0.2) is 42.5 Å². The van der Waals surface area contributed by atoms with Crippen molar-refractivity contribution in [1.29, 1.82) is 0 Å². The van der Waals surface area contributed by atoms with Gasteiger partial charge in [0.2, 0.25) is 0 Å². The Morgan fingerprint density at radius 2 is 2.00 bits per heavy atom. The predicted molar refractivity (Wildman–Crippen MR) is 79.3 cm³/mol. The molecule has 0 aromatic heterocycles. The Labute approximate surface area is 118 Å². The van der Waals surface area contributed by atoms with Crippen molar-refractivity contribution in [2.75, 3.05) is 19.0 Å². The van der Waals surface area contributed by atoms with Crippen molar-refractivity contribution in [3.8, 4) is 11.5 Å². The third-order valence-electron chi connectivity index (χ3n) is 3.15. The SMILES string of the molecule is COc1ccc(C(CO)Nc2cccc(C)c2)cc1O.